The molecule has 1 saturated heterocycles. The quantitative estimate of drug-likeness (QED) is 0.450. The minimum atomic E-state index is 0. The first-order valence-corrected chi connectivity index (χ1v) is 7.80. The maximum Gasteiger partial charge on any atom is 0.194 e. The number of nitrogens with zero attached hydrogens (tertiary/aromatic N) is 3. The van der Waals surface area contributed by atoms with Gasteiger partial charge >= 0.3 is 0 Å². The number of benzene rings is 1. The Morgan fingerprint density at radius 3 is 2.92 bits per heavy atom. The molecule has 2 aromatic rings. The zero-order valence-electron chi connectivity index (χ0n) is 13.9. The summed E-state index contributed by atoms with van der Waals surface area (Å²) in [6.07, 6.45) is 1.64. The number of aliphatic imine (C=N–C) groups is 1. The van der Waals surface area contributed by atoms with E-state index in [1.54, 1.807) is 13.3 Å². The third kappa shape index (κ3) is 4.47. The summed E-state index contributed by atoms with van der Waals surface area (Å²) in [5.41, 5.74) is 3.35. The molecule has 7 heteroatoms. The van der Waals surface area contributed by atoms with Crippen molar-refractivity contribution in [2.24, 2.45) is 4.99 Å². The van der Waals surface area contributed by atoms with Gasteiger partial charge in [0.05, 0.1) is 19.7 Å². The monoisotopic (exact) mass is 442 g/mol. The molecule has 1 aromatic heterocycles. The van der Waals surface area contributed by atoms with Crippen molar-refractivity contribution in [3.63, 3.8) is 0 Å². The van der Waals surface area contributed by atoms with Gasteiger partial charge in [0, 0.05) is 19.7 Å². The summed E-state index contributed by atoms with van der Waals surface area (Å²) >= 11 is 0. The lowest BCUT2D eigenvalue weighted by Crippen LogP contribution is -2.48. The van der Waals surface area contributed by atoms with Gasteiger partial charge in [-0.1, -0.05) is 29.4 Å². The third-order valence-electron chi connectivity index (χ3n) is 4.03. The molecule has 6 nitrogen and oxygen atoms in total. The van der Waals surface area contributed by atoms with Gasteiger partial charge in [0.2, 0.25) is 0 Å². The number of hydrogen-bond acceptors (Lipinski definition) is 4. The predicted octanol–water partition coefficient (Wildman–Crippen LogP) is 2.75. The van der Waals surface area contributed by atoms with Gasteiger partial charge in [-0.05, 0) is 18.1 Å². The summed E-state index contributed by atoms with van der Waals surface area (Å²) in [5, 5.41) is 7.23. The average Bonchev–Trinajstić information content (AvgIpc) is 3.10. The fraction of sp³-hybridized carbons (Fsp3) is 0.412. The SMILES string of the molecule is CN=C(NCc1ccon1)N1CCOC(c2ccccc2C)C1.I. The molecule has 1 aliphatic heterocycles. The lowest BCUT2D eigenvalue weighted by atomic mass is 10.0. The predicted molar refractivity (Wildman–Crippen MR) is 104 cm³/mol. The van der Waals surface area contributed by atoms with Crippen LogP contribution in [0.4, 0.5) is 0 Å². The molecule has 1 fully saturated rings. The van der Waals surface area contributed by atoms with Crippen LogP contribution < -0.4 is 5.32 Å². The van der Waals surface area contributed by atoms with E-state index in [0.717, 1.165) is 24.7 Å². The molecule has 3 rings (SSSR count). The first kappa shape index (κ1) is 18.7. The molecule has 2 heterocycles. The highest BCUT2D eigenvalue weighted by Gasteiger charge is 2.25. The maximum absolute atomic E-state index is 5.97. The van der Waals surface area contributed by atoms with Crippen molar-refractivity contribution in [1.29, 1.82) is 0 Å². The summed E-state index contributed by atoms with van der Waals surface area (Å²) < 4.78 is 10.8. The van der Waals surface area contributed by atoms with E-state index in [-0.39, 0.29) is 30.1 Å². The lowest BCUT2D eigenvalue weighted by molar-refractivity contribution is -0.00834. The zero-order valence-corrected chi connectivity index (χ0v) is 16.3. The van der Waals surface area contributed by atoms with Crippen LogP contribution in [0.1, 0.15) is 22.9 Å². The molecule has 0 aliphatic carbocycles. The Labute approximate surface area is 159 Å². The fourth-order valence-corrected chi connectivity index (χ4v) is 2.81. The van der Waals surface area contributed by atoms with Crippen LogP contribution in [0.2, 0.25) is 0 Å². The van der Waals surface area contributed by atoms with E-state index >= 15 is 0 Å². The molecule has 1 unspecified atom stereocenters. The maximum atomic E-state index is 5.97. The number of ether oxygens (including phenoxy) is 1. The van der Waals surface area contributed by atoms with Crippen LogP contribution in [0.15, 0.2) is 46.1 Å². The number of hydrogen-bond donors (Lipinski definition) is 1. The molecular formula is C17H23IN4O2. The Hall–Kier alpha value is -1.61. The van der Waals surface area contributed by atoms with Gasteiger partial charge < -0.3 is 19.5 Å². The number of guanidine groups is 1. The summed E-state index contributed by atoms with van der Waals surface area (Å²) in [6, 6.07) is 10.2. The van der Waals surface area contributed by atoms with Crippen molar-refractivity contribution in [1.82, 2.24) is 15.4 Å². The standard InChI is InChI=1S/C17H22N4O2.HI/c1-13-5-3-4-6-15(13)16-12-21(8-10-22-16)17(18-2)19-11-14-7-9-23-20-14;/h3-7,9,16H,8,10-12H2,1-2H3,(H,18,19);1H. The highest BCUT2D eigenvalue weighted by Crippen LogP contribution is 2.24. The fourth-order valence-electron chi connectivity index (χ4n) is 2.81. The minimum Gasteiger partial charge on any atom is -0.370 e. The first-order valence-electron chi connectivity index (χ1n) is 7.80. The van der Waals surface area contributed by atoms with Crippen molar-refractivity contribution < 1.29 is 9.26 Å². The van der Waals surface area contributed by atoms with E-state index in [4.69, 9.17) is 9.26 Å². The molecule has 130 valence electrons. The van der Waals surface area contributed by atoms with Gasteiger partial charge in [0.25, 0.3) is 0 Å². The second-order valence-corrected chi connectivity index (χ2v) is 5.55. The summed E-state index contributed by atoms with van der Waals surface area (Å²) in [6.45, 7) is 5.00. The Balaban J connectivity index is 0.00000208. The van der Waals surface area contributed by atoms with Crippen molar-refractivity contribution >= 4 is 29.9 Å². The van der Waals surface area contributed by atoms with E-state index in [9.17, 15) is 0 Å². The third-order valence-corrected chi connectivity index (χ3v) is 4.03. The molecule has 0 bridgehead atoms. The van der Waals surface area contributed by atoms with Crippen molar-refractivity contribution in [2.75, 3.05) is 26.7 Å². The topological polar surface area (TPSA) is 62.9 Å². The molecule has 1 atom stereocenters. The minimum absolute atomic E-state index is 0. The molecular weight excluding hydrogens is 419 g/mol. The number of nitrogens with one attached hydrogen (secondary N) is 1. The largest absolute Gasteiger partial charge is 0.370 e. The summed E-state index contributed by atoms with van der Waals surface area (Å²) in [4.78, 5) is 6.60. The summed E-state index contributed by atoms with van der Waals surface area (Å²) in [5.74, 6) is 0.856. The van der Waals surface area contributed by atoms with Crippen molar-refractivity contribution in [3.8, 4) is 0 Å². The van der Waals surface area contributed by atoms with Crippen LogP contribution in [0.3, 0.4) is 0 Å². The van der Waals surface area contributed by atoms with Crippen LogP contribution in [-0.4, -0.2) is 42.8 Å². The zero-order chi connectivity index (χ0) is 16.1. The van der Waals surface area contributed by atoms with Gasteiger partial charge in [-0.25, -0.2) is 0 Å². The van der Waals surface area contributed by atoms with Crippen LogP contribution in [-0.2, 0) is 11.3 Å². The van der Waals surface area contributed by atoms with E-state index < -0.39 is 0 Å². The lowest BCUT2D eigenvalue weighted by Gasteiger charge is -2.35. The molecule has 0 spiro atoms. The van der Waals surface area contributed by atoms with E-state index in [1.165, 1.54) is 11.1 Å². The number of morpholine rings is 1. The van der Waals surface area contributed by atoms with Crippen molar-refractivity contribution in [2.45, 2.75) is 19.6 Å². The molecule has 1 N–H and O–H groups in total. The molecule has 0 radical (unpaired) electrons. The van der Waals surface area contributed by atoms with Crippen LogP contribution in [0.5, 0.6) is 0 Å². The molecule has 0 amide bonds. The van der Waals surface area contributed by atoms with Crippen LogP contribution in [0.25, 0.3) is 0 Å². The normalized spacial score (nSPS) is 18.2. The Kier molecular flexibility index (Phi) is 7.04. The van der Waals surface area contributed by atoms with E-state index in [2.05, 4.69) is 51.6 Å². The second-order valence-electron chi connectivity index (χ2n) is 5.55. The van der Waals surface area contributed by atoms with Gasteiger partial charge in [-0.2, -0.15) is 0 Å². The Bertz CT molecular complexity index is 660. The van der Waals surface area contributed by atoms with E-state index in [1.807, 2.05) is 6.07 Å². The first-order chi connectivity index (χ1) is 11.3. The second kappa shape index (κ2) is 9.03. The number of halogens is 1. The average molecular weight is 442 g/mol. The summed E-state index contributed by atoms with van der Waals surface area (Å²) in [7, 11) is 1.80. The van der Waals surface area contributed by atoms with Crippen molar-refractivity contribution in [3.05, 3.63) is 53.4 Å². The number of aromatic nitrogens is 1. The van der Waals surface area contributed by atoms with Gasteiger partial charge in [0.1, 0.15) is 18.1 Å². The van der Waals surface area contributed by atoms with Crippen LogP contribution in [0, 0.1) is 6.92 Å². The molecule has 0 saturated carbocycles. The van der Waals surface area contributed by atoms with Crippen LogP contribution >= 0.6 is 24.0 Å². The smallest absolute Gasteiger partial charge is 0.194 e. The van der Waals surface area contributed by atoms with Gasteiger partial charge in [-0.3, -0.25) is 4.99 Å². The number of aryl methyl sites for hydroxylation is 1. The highest BCUT2D eigenvalue weighted by molar-refractivity contribution is 14.0. The molecule has 24 heavy (non-hydrogen) atoms. The highest BCUT2D eigenvalue weighted by atomic mass is 127. The van der Waals surface area contributed by atoms with Gasteiger partial charge in [-0.15, -0.1) is 24.0 Å². The molecule has 1 aromatic carbocycles. The molecule has 1 aliphatic rings. The van der Waals surface area contributed by atoms with Gasteiger partial charge in [0.15, 0.2) is 5.96 Å². The Morgan fingerprint density at radius 2 is 2.21 bits per heavy atom. The number of rotatable bonds is 3. The van der Waals surface area contributed by atoms with E-state index in [0.29, 0.717) is 13.2 Å². The Morgan fingerprint density at radius 1 is 1.38 bits per heavy atom.